The van der Waals surface area contributed by atoms with Crippen LogP contribution in [0, 0.1) is 0 Å². The van der Waals surface area contributed by atoms with Gasteiger partial charge in [-0.1, -0.05) is 6.07 Å². The van der Waals surface area contributed by atoms with Gasteiger partial charge in [0.05, 0.1) is 7.11 Å². The van der Waals surface area contributed by atoms with Crippen LogP contribution in [0.25, 0.3) is 0 Å². The maximum Gasteiger partial charge on any atom is 0.387 e. The van der Waals surface area contributed by atoms with Gasteiger partial charge in [-0.05, 0) is 30.5 Å². The molecule has 0 atom stereocenters. The van der Waals surface area contributed by atoms with Crippen LogP contribution >= 0.6 is 0 Å². The maximum atomic E-state index is 12.1. The average Bonchev–Trinajstić information content (AvgIpc) is 3.11. The van der Waals surface area contributed by atoms with Crippen LogP contribution in [0.15, 0.2) is 18.2 Å². The van der Waals surface area contributed by atoms with Gasteiger partial charge in [-0.15, -0.1) is 0 Å². The molecule has 3 nitrogen and oxygen atoms in total. The van der Waals surface area contributed by atoms with Gasteiger partial charge in [0.25, 0.3) is 0 Å². The highest BCUT2D eigenvalue weighted by Crippen LogP contribution is 2.29. The molecular formula is C12H15F2NO2. The molecule has 1 aromatic rings. The first-order valence-electron chi connectivity index (χ1n) is 5.54. The van der Waals surface area contributed by atoms with Crippen molar-refractivity contribution in [3.05, 3.63) is 23.8 Å². The minimum absolute atomic E-state index is 0.0673. The summed E-state index contributed by atoms with van der Waals surface area (Å²) >= 11 is 0. The van der Waals surface area contributed by atoms with Gasteiger partial charge in [0.15, 0.2) is 11.5 Å². The number of hydrogen-bond acceptors (Lipinski definition) is 3. The second kappa shape index (κ2) is 5.31. The maximum absolute atomic E-state index is 12.1. The van der Waals surface area contributed by atoms with Gasteiger partial charge in [0.2, 0.25) is 0 Å². The van der Waals surface area contributed by atoms with Gasteiger partial charge in [-0.2, -0.15) is 8.78 Å². The lowest BCUT2D eigenvalue weighted by Crippen LogP contribution is -2.15. The van der Waals surface area contributed by atoms with Crippen LogP contribution in [0.2, 0.25) is 0 Å². The summed E-state index contributed by atoms with van der Waals surface area (Å²) in [5.41, 5.74) is 0.996. The third-order valence-corrected chi connectivity index (χ3v) is 2.62. The topological polar surface area (TPSA) is 30.5 Å². The summed E-state index contributed by atoms with van der Waals surface area (Å²) in [5, 5.41) is 3.34. The van der Waals surface area contributed by atoms with E-state index in [1.165, 1.54) is 26.0 Å². The molecule has 1 aromatic carbocycles. The van der Waals surface area contributed by atoms with Gasteiger partial charge in [0, 0.05) is 12.6 Å². The fourth-order valence-corrected chi connectivity index (χ4v) is 1.56. The van der Waals surface area contributed by atoms with Gasteiger partial charge in [-0.3, -0.25) is 0 Å². The molecule has 0 heterocycles. The number of rotatable bonds is 6. The van der Waals surface area contributed by atoms with E-state index >= 15 is 0 Å². The quantitative estimate of drug-likeness (QED) is 0.832. The van der Waals surface area contributed by atoms with Crippen LogP contribution in [-0.4, -0.2) is 19.8 Å². The Morgan fingerprint density at radius 1 is 1.35 bits per heavy atom. The Morgan fingerprint density at radius 2 is 2.12 bits per heavy atom. The van der Waals surface area contributed by atoms with Crippen LogP contribution in [0.1, 0.15) is 18.4 Å². The summed E-state index contributed by atoms with van der Waals surface area (Å²) in [6, 6.07) is 5.59. The molecule has 1 fully saturated rings. The van der Waals surface area contributed by atoms with Crippen molar-refractivity contribution >= 4 is 0 Å². The first-order chi connectivity index (χ1) is 8.19. The SMILES string of the molecule is COc1cc(CNC2CC2)ccc1OC(F)F. The Kier molecular flexibility index (Phi) is 3.78. The lowest BCUT2D eigenvalue weighted by molar-refractivity contribution is -0.0512. The Hall–Kier alpha value is -1.36. The third kappa shape index (κ3) is 3.56. The molecule has 1 aliphatic rings. The molecule has 0 spiro atoms. The van der Waals surface area contributed by atoms with Crippen molar-refractivity contribution in [2.24, 2.45) is 0 Å². The number of ether oxygens (including phenoxy) is 2. The fraction of sp³-hybridized carbons (Fsp3) is 0.500. The van der Waals surface area contributed by atoms with Gasteiger partial charge >= 0.3 is 6.61 Å². The molecule has 1 saturated carbocycles. The summed E-state index contributed by atoms with van der Waals surface area (Å²) in [6.07, 6.45) is 2.42. The zero-order chi connectivity index (χ0) is 12.3. The highest BCUT2D eigenvalue weighted by molar-refractivity contribution is 5.43. The van der Waals surface area contributed by atoms with Gasteiger partial charge < -0.3 is 14.8 Å². The summed E-state index contributed by atoms with van der Waals surface area (Å²) in [7, 11) is 1.44. The monoisotopic (exact) mass is 243 g/mol. The van der Waals surface area contributed by atoms with Crippen molar-refractivity contribution < 1.29 is 18.3 Å². The van der Waals surface area contributed by atoms with Gasteiger partial charge in [-0.25, -0.2) is 0 Å². The highest BCUT2D eigenvalue weighted by Gasteiger charge is 2.20. The molecule has 1 aliphatic carbocycles. The Morgan fingerprint density at radius 3 is 2.71 bits per heavy atom. The smallest absolute Gasteiger partial charge is 0.387 e. The van der Waals surface area contributed by atoms with Crippen LogP contribution < -0.4 is 14.8 Å². The molecule has 0 aliphatic heterocycles. The molecule has 17 heavy (non-hydrogen) atoms. The Balaban J connectivity index is 2.03. The van der Waals surface area contributed by atoms with E-state index in [9.17, 15) is 8.78 Å². The largest absolute Gasteiger partial charge is 0.493 e. The normalized spacial score (nSPS) is 15.1. The summed E-state index contributed by atoms with van der Waals surface area (Å²) in [5.74, 6) is 0.401. The van der Waals surface area contributed by atoms with Crippen molar-refractivity contribution in [2.45, 2.75) is 32.0 Å². The van der Waals surface area contributed by atoms with E-state index in [1.54, 1.807) is 12.1 Å². The van der Waals surface area contributed by atoms with Crippen LogP contribution in [0.3, 0.4) is 0 Å². The van der Waals surface area contributed by atoms with E-state index in [0.717, 1.165) is 12.1 Å². The van der Waals surface area contributed by atoms with Crippen molar-refractivity contribution in [1.82, 2.24) is 5.32 Å². The predicted octanol–water partition coefficient (Wildman–Crippen LogP) is 2.55. The molecule has 0 radical (unpaired) electrons. The summed E-state index contributed by atoms with van der Waals surface area (Å²) in [6.45, 7) is -2.12. The fourth-order valence-electron chi connectivity index (χ4n) is 1.56. The molecule has 94 valence electrons. The van der Waals surface area contributed by atoms with E-state index < -0.39 is 6.61 Å². The predicted molar refractivity (Wildman–Crippen MR) is 59.5 cm³/mol. The standard InChI is InChI=1S/C12H15F2NO2/c1-16-11-6-8(7-15-9-3-4-9)2-5-10(11)17-12(13)14/h2,5-6,9,12,15H,3-4,7H2,1H3. The zero-order valence-electron chi connectivity index (χ0n) is 9.58. The molecule has 5 heteroatoms. The molecular weight excluding hydrogens is 228 g/mol. The van der Waals surface area contributed by atoms with Crippen molar-refractivity contribution in [3.8, 4) is 11.5 Å². The lowest BCUT2D eigenvalue weighted by atomic mass is 10.2. The Bertz CT molecular complexity index is 381. The first-order valence-corrected chi connectivity index (χ1v) is 5.54. The van der Waals surface area contributed by atoms with E-state index in [4.69, 9.17) is 4.74 Å². The lowest BCUT2D eigenvalue weighted by Gasteiger charge is -2.11. The molecule has 0 amide bonds. The number of nitrogens with one attached hydrogen (secondary N) is 1. The van der Waals surface area contributed by atoms with Crippen LogP contribution in [-0.2, 0) is 6.54 Å². The minimum Gasteiger partial charge on any atom is -0.493 e. The van der Waals surface area contributed by atoms with E-state index in [2.05, 4.69) is 10.1 Å². The van der Waals surface area contributed by atoms with Crippen molar-refractivity contribution in [1.29, 1.82) is 0 Å². The molecule has 0 saturated heterocycles. The zero-order valence-corrected chi connectivity index (χ0v) is 9.58. The van der Waals surface area contributed by atoms with Crippen molar-refractivity contribution in [2.75, 3.05) is 7.11 Å². The van der Waals surface area contributed by atoms with Crippen LogP contribution in [0.4, 0.5) is 8.78 Å². The number of hydrogen-bond donors (Lipinski definition) is 1. The van der Waals surface area contributed by atoms with E-state index in [-0.39, 0.29) is 5.75 Å². The molecule has 0 unspecified atom stereocenters. The van der Waals surface area contributed by atoms with Crippen LogP contribution in [0.5, 0.6) is 11.5 Å². The summed E-state index contributed by atoms with van der Waals surface area (Å²) < 4.78 is 33.6. The Labute approximate surface area is 98.7 Å². The second-order valence-electron chi connectivity index (χ2n) is 4.02. The molecule has 0 aromatic heterocycles. The molecule has 2 rings (SSSR count). The number of alkyl halides is 2. The third-order valence-electron chi connectivity index (χ3n) is 2.62. The average molecular weight is 243 g/mol. The van der Waals surface area contributed by atoms with E-state index in [0.29, 0.717) is 11.8 Å². The van der Waals surface area contributed by atoms with Crippen molar-refractivity contribution in [3.63, 3.8) is 0 Å². The highest BCUT2D eigenvalue weighted by atomic mass is 19.3. The second-order valence-corrected chi connectivity index (χ2v) is 4.02. The summed E-state index contributed by atoms with van der Waals surface area (Å²) in [4.78, 5) is 0. The number of benzene rings is 1. The number of halogens is 2. The molecule has 1 N–H and O–H groups in total. The molecule has 0 bridgehead atoms. The first kappa shape index (κ1) is 12.1. The number of methoxy groups -OCH3 is 1. The minimum atomic E-state index is -2.83. The van der Waals surface area contributed by atoms with Gasteiger partial charge in [0.1, 0.15) is 0 Å². The van der Waals surface area contributed by atoms with E-state index in [1.807, 2.05) is 0 Å².